The molecule has 0 saturated carbocycles. The highest BCUT2D eigenvalue weighted by Gasteiger charge is 2.27. The van der Waals surface area contributed by atoms with E-state index in [4.69, 9.17) is 14.2 Å². The van der Waals surface area contributed by atoms with Crippen LogP contribution in [0.3, 0.4) is 0 Å². The number of rotatable bonds is 13. The first-order chi connectivity index (χ1) is 28.0. The van der Waals surface area contributed by atoms with E-state index in [1.165, 1.54) is 5.56 Å². The summed E-state index contributed by atoms with van der Waals surface area (Å²) in [5.41, 5.74) is 8.73. The van der Waals surface area contributed by atoms with Crippen molar-refractivity contribution in [1.29, 1.82) is 0 Å². The summed E-state index contributed by atoms with van der Waals surface area (Å²) in [6.07, 6.45) is 5.65. The molecule has 300 valence electrons. The van der Waals surface area contributed by atoms with Crippen LogP contribution in [0.1, 0.15) is 87.2 Å². The summed E-state index contributed by atoms with van der Waals surface area (Å²) >= 11 is 0. The van der Waals surface area contributed by atoms with Gasteiger partial charge in [0.05, 0.1) is 23.4 Å². The van der Waals surface area contributed by atoms with Crippen molar-refractivity contribution in [2.75, 3.05) is 31.6 Å². The minimum absolute atomic E-state index is 0.202. The van der Waals surface area contributed by atoms with Crippen LogP contribution in [0.25, 0.3) is 38.9 Å². The van der Waals surface area contributed by atoms with Gasteiger partial charge in [-0.25, -0.2) is 9.97 Å². The average Bonchev–Trinajstić information content (AvgIpc) is 3.87. The molecule has 0 bridgehead atoms. The summed E-state index contributed by atoms with van der Waals surface area (Å²) in [4.78, 5) is 43.5. The number of nitrogens with zero attached hydrogens (tertiary/aromatic N) is 5. The van der Waals surface area contributed by atoms with Crippen molar-refractivity contribution in [3.05, 3.63) is 102 Å². The summed E-state index contributed by atoms with van der Waals surface area (Å²) in [5.74, 6) is 1.86. The van der Waals surface area contributed by atoms with Crippen molar-refractivity contribution in [2.24, 2.45) is 0 Å². The molecule has 13 heteroatoms. The van der Waals surface area contributed by atoms with Crippen LogP contribution in [0.5, 0.6) is 5.75 Å². The molecule has 2 aliphatic heterocycles. The molecule has 4 N–H and O–H groups in total. The van der Waals surface area contributed by atoms with Gasteiger partial charge in [0.25, 0.3) is 5.89 Å². The Kier molecular flexibility index (Phi) is 11.0. The fourth-order valence-electron chi connectivity index (χ4n) is 7.84. The minimum Gasteiger partial charge on any atom is -0.494 e. The zero-order chi connectivity index (χ0) is 40.4. The number of piperidine rings is 2. The van der Waals surface area contributed by atoms with E-state index in [0.717, 1.165) is 94.7 Å². The van der Waals surface area contributed by atoms with Crippen LogP contribution in [0.4, 0.5) is 5.69 Å². The molecule has 2 amide bonds. The molecule has 1 atom stereocenters. The number of benzene rings is 3. The van der Waals surface area contributed by atoms with Crippen LogP contribution >= 0.6 is 0 Å². The van der Waals surface area contributed by atoms with Crippen LogP contribution < -0.4 is 20.7 Å². The van der Waals surface area contributed by atoms with E-state index in [9.17, 15) is 9.59 Å². The van der Waals surface area contributed by atoms with Crippen molar-refractivity contribution in [3.8, 4) is 17.0 Å². The number of hydrogen-bond donors (Lipinski definition) is 4. The van der Waals surface area contributed by atoms with Crippen LogP contribution in [0.2, 0.25) is 0 Å². The van der Waals surface area contributed by atoms with Crippen molar-refractivity contribution in [2.45, 2.75) is 83.7 Å². The minimum atomic E-state index is -0.400. The molecule has 5 heterocycles. The van der Waals surface area contributed by atoms with Gasteiger partial charge >= 0.3 is 0 Å². The maximum Gasteiger partial charge on any atom is 0.273 e. The standard InChI is InChI=1S/C45H51N9O4/c1-27-23-31(7-8-32(27)25-46-28(2)43-52-44(53-58-43)45(3,4)5)40-39-35-14-9-30(24-37(35)50-41(39)48-26-47-40)29-17-20-54(21-18-29)19-6-22-57-34-12-10-33(11-13-34)49-36-15-16-38(55)51-42(36)56/h7-14,23-24,26,29,36,46,49H,2,6,15-22,25H2,1,3-5H3,(H,47,48,50)(H,51,55,56). The molecular formula is C45H51N9O4. The average molecular weight is 782 g/mol. The summed E-state index contributed by atoms with van der Waals surface area (Å²) in [6.45, 7) is 16.7. The molecule has 58 heavy (non-hydrogen) atoms. The lowest BCUT2D eigenvalue weighted by molar-refractivity contribution is -0.133. The summed E-state index contributed by atoms with van der Waals surface area (Å²) in [7, 11) is 0. The zero-order valence-electron chi connectivity index (χ0n) is 33.7. The Labute approximate surface area is 338 Å². The van der Waals surface area contributed by atoms with E-state index in [1.54, 1.807) is 6.33 Å². The summed E-state index contributed by atoms with van der Waals surface area (Å²) < 4.78 is 11.5. The number of ether oxygens (including phenoxy) is 1. The lowest BCUT2D eigenvalue weighted by Crippen LogP contribution is -2.47. The molecule has 0 radical (unpaired) electrons. The zero-order valence-corrected chi connectivity index (χ0v) is 33.7. The Morgan fingerprint density at radius 1 is 1.02 bits per heavy atom. The SMILES string of the molecule is C=C(NCc1ccc(-c2ncnc3[nH]c4cc(C5CCN(CCCOc6ccc(NC7CCC(=O)NC7=O)cc6)CC5)ccc4c23)cc1C)c1nc(C(C)(C)C)no1. The molecule has 0 spiro atoms. The highest BCUT2D eigenvalue weighted by atomic mass is 16.5. The number of aromatic amines is 1. The molecule has 2 saturated heterocycles. The monoisotopic (exact) mass is 781 g/mol. The van der Waals surface area contributed by atoms with E-state index >= 15 is 0 Å². The fourth-order valence-corrected chi connectivity index (χ4v) is 7.84. The number of amides is 2. The molecule has 1 unspecified atom stereocenters. The van der Waals surface area contributed by atoms with Gasteiger partial charge in [-0.1, -0.05) is 56.8 Å². The molecule has 3 aromatic heterocycles. The molecule has 8 rings (SSSR count). The number of nitrogens with one attached hydrogen (secondary N) is 4. The lowest BCUT2D eigenvalue weighted by atomic mass is 9.88. The number of carbonyl (C=O) groups excluding carboxylic acids is 2. The first kappa shape index (κ1) is 38.8. The topological polar surface area (TPSA) is 163 Å². The number of fused-ring (bicyclic) bond motifs is 3. The Hall–Kier alpha value is -6.08. The highest BCUT2D eigenvalue weighted by Crippen LogP contribution is 2.36. The number of hydrogen-bond acceptors (Lipinski definition) is 11. The molecule has 6 aromatic rings. The quantitative estimate of drug-likeness (QED) is 0.0683. The number of imide groups is 1. The Bertz CT molecular complexity index is 2460. The smallest absolute Gasteiger partial charge is 0.273 e. The maximum atomic E-state index is 12.0. The van der Waals surface area contributed by atoms with E-state index < -0.39 is 6.04 Å². The van der Waals surface area contributed by atoms with E-state index in [2.05, 4.69) is 90.9 Å². The fraction of sp³-hybridized carbons (Fsp3) is 0.378. The van der Waals surface area contributed by atoms with Crippen LogP contribution in [-0.4, -0.2) is 74.1 Å². The van der Waals surface area contributed by atoms with E-state index in [0.29, 0.717) is 49.3 Å². The molecule has 2 aliphatic rings. The van der Waals surface area contributed by atoms with Gasteiger partial charge in [-0.3, -0.25) is 14.9 Å². The van der Waals surface area contributed by atoms with Gasteiger partial charge < -0.3 is 29.8 Å². The molecular weight excluding hydrogens is 731 g/mol. The van der Waals surface area contributed by atoms with Crippen LogP contribution in [0.15, 0.2) is 78.1 Å². The van der Waals surface area contributed by atoms with Crippen LogP contribution in [-0.2, 0) is 21.5 Å². The second-order valence-electron chi connectivity index (χ2n) is 16.5. The Balaban J connectivity index is 0.835. The molecule has 0 aliphatic carbocycles. The third-order valence-corrected chi connectivity index (χ3v) is 11.3. The van der Waals surface area contributed by atoms with Crippen molar-refractivity contribution in [3.63, 3.8) is 0 Å². The number of aromatic nitrogens is 5. The van der Waals surface area contributed by atoms with Gasteiger partial charge in [0.1, 0.15) is 23.8 Å². The first-order valence-electron chi connectivity index (χ1n) is 20.2. The second-order valence-corrected chi connectivity index (χ2v) is 16.5. The number of aryl methyl sites for hydroxylation is 1. The van der Waals surface area contributed by atoms with Gasteiger partial charge in [-0.05, 0) is 105 Å². The molecule has 2 fully saturated rings. The largest absolute Gasteiger partial charge is 0.494 e. The van der Waals surface area contributed by atoms with Crippen molar-refractivity contribution < 1.29 is 18.8 Å². The predicted molar refractivity (Wildman–Crippen MR) is 225 cm³/mol. The van der Waals surface area contributed by atoms with Gasteiger partial charge in [-0.2, -0.15) is 4.98 Å². The lowest BCUT2D eigenvalue weighted by Gasteiger charge is -2.32. The Morgan fingerprint density at radius 3 is 2.57 bits per heavy atom. The van der Waals surface area contributed by atoms with Gasteiger partial charge in [0.15, 0.2) is 5.82 Å². The van der Waals surface area contributed by atoms with Crippen molar-refractivity contribution >= 4 is 45.1 Å². The highest BCUT2D eigenvalue weighted by molar-refractivity contribution is 6.12. The second kappa shape index (κ2) is 16.4. The third-order valence-electron chi connectivity index (χ3n) is 11.3. The van der Waals surface area contributed by atoms with Crippen molar-refractivity contribution in [1.82, 2.24) is 40.6 Å². The Morgan fingerprint density at radius 2 is 1.83 bits per heavy atom. The van der Waals surface area contributed by atoms with E-state index in [-0.39, 0.29) is 17.2 Å². The number of H-pyrrole nitrogens is 1. The summed E-state index contributed by atoms with van der Waals surface area (Å²) in [6, 6.07) is 20.5. The van der Waals surface area contributed by atoms with Crippen LogP contribution in [0, 0.1) is 6.92 Å². The first-order valence-corrected chi connectivity index (χ1v) is 20.2. The van der Waals surface area contributed by atoms with Gasteiger partial charge in [0, 0.05) is 47.1 Å². The van der Waals surface area contributed by atoms with Gasteiger partial charge in [-0.15, -0.1) is 0 Å². The third kappa shape index (κ3) is 8.59. The normalized spacial score (nSPS) is 16.8. The number of carbonyl (C=O) groups is 2. The molecule has 3 aromatic carbocycles. The number of likely N-dealkylation sites (tertiary alicyclic amines) is 1. The van der Waals surface area contributed by atoms with Gasteiger partial charge in [0.2, 0.25) is 11.8 Å². The number of anilines is 1. The van der Waals surface area contributed by atoms with E-state index in [1.807, 2.05) is 45.0 Å². The maximum absolute atomic E-state index is 12.0. The summed E-state index contributed by atoms with van der Waals surface area (Å²) in [5, 5.41) is 15.2. The molecule has 13 nitrogen and oxygen atoms in total. The predicted octanol–water partition coefficient (Wildman–Crippen LogP) is 7.39.